The summed E-state index contributed by atoms with van der Waals surface area (Å²) in [6.07, 6.45) is 5.54. The van der Waals surface area contributed by atoms with E-state index in [9.17, 15) is 0 Å². The monoisotopic (exact) mass is 524 g/mol. The molecule has 0 aliphatic rings. The fraction of sp³-hybridized carbons (Fsp3) is 0.0312. The van der Waals surface area contributed by atoms with E-state index in [0.29, 0.717) is 0 Å². The van der Waals surface area contributed by atoms with Crippen molar-refractivity contribution in [3.05, 3.63) is 114 Å². The van der Waals surface area contributed by atoms with E-state index in [4.69, 9.17) is 4.98 Å². The molecule has 0 amide bonds. The maximum Gasteiger partial charge on any atom is 0.116 e. The van der Waals surface area contributed by atoms with Crippen molar-refractivity contribution >= 4 is 44.5 Å². The number of benzene rings is 2. The third-order valence-electron chi connectivity index (χ3n) is 6.83. The Bertz CT molecular complexity index is 1980. The van der Waals surface area contributed by atoms with Gasteiger partial charge in [0.2, 0.25) is 0 Å². The molecule has 0 bridgehead atoms. The number of aryl methyl sites for hydroxylation is 1. The van der Waals surface area contributed by atoms with Crippen LogP contribution in [-0.4, -0.2) is 25.1 Å². The molecule has 6 nitrogen and oxygen atoms in total. The van der Waals surface area contributed by atoms with Gasteiger partial charge in [-0.3, -0.25) is 15.1 Å². The minimum atomic E-state index is 0.826. The Labute approximate surface area is 229 Å². The summed E-state index contributed by atoms with van der Waals surface area (Å²) in [7, 11) is 0. The van der Waals surface area contributed by atoms with Gasteiger partial charge in [-0.2, -0.15) is 5.10 Å². The highest BCUT2D eigenvalue weighted by Gasteiger charge is 2.16. The van der Waals surface area contributed by atoms with Crippen molar-refractivity contribution in [2.24, 2.45) is 0 Å². The van der Waals surface area contributed by atoms with Gasteiger partial charge < -0.3 is 10.3 Å². The van der Waals surface area contributed by atoms with Gasteiger partial charge in [-0.1, -0.05) is 43.0 Å². The number of thiophene rings is 1. The molecule has 39 heavy (non-hydrogen) atoms. The predicted molar refractivity (Wildman–Crippen MR) is 162 cm³/mol. The SMILES string of the molecule is C=C(Nc1cncc(-c2ccc3[nH]nc(-c4cc5c(-c6ccc(C)s6)nccc5[nH]4)c3c2)c1)c1ccccc1. The standard InChI is InChI=1S/C32H24N6S/c1-19-8-11-30(39-19)32-26-16-29(36-27(26)12-13-34-32)31-25-15-22(9-10-28(25)37-38-31)23-14-24(18-33-17-23)35-20(2)21-6-4-3-5-7-21/h3-18,35-36H,2H2,1H3,(H,37,38). The third-order valence-corrected chi connectivity index (χ3v) is 7.84. The molecule has 0 spiro atoms. The van der Waals surface area contributed by atoms with Gasteiger partial charge in [-0.25, -0.2) is 0 Å². The predicted octanol–water partition coefficient (Wildman–Crippen LogP) is 8.29. The van der Waals surface area contributed by atoms with Crippen LogP contribution in [0.1, 0.15) is 10.4 Å². The molecule has 0 saturated heterocycles. The Morgan fingerprint density at radius 1 is 0.846 bits per heavy atom. The van der Waals surface area contributed by atoms with Crippen LogP contribution in [0.4, 0.5) is 5.69 Å². The number of fused-ring (bicyclic) bond motifs is 2. The molecule has 0 radical (unpaired) electrons. The highest BCUT2D eigenvalue weighted by molar-refractivity contribution is 7.15. The van der Waals surface area contributed by atoms with Crippen LogP contribution in [0.2, 0.25) is 0 Å². The molecule has 0 aliphatic heterocycles. The van der Waals surface area contributed by atoms with Gasteiger partial charge >= 0.3 is 0 Å². The van der Waals surface area contributed by atoms with Crippen LogP contribution >= 0.6 is 11.3 Å². The maximum atomic E-state index is 4.69. The third kappa shape index (κ3) is 4.28. The van der Waals surface area contributed by atoms with Crippen LogP contribution in [0.25, 0.3) is 60.6 Å². The molecule has 0 aliphatic carbocycles. The average Bonchev–Trinajstić information content (AvgIpc) is 3.71. The minimum absolute atomic E-state index is 0.826. The van der Waals surface area contributed by atoms with Crippen LogP contribution in [0.3, 0.4) is 0 Å². The van der Waals surface area contributed by atoms with E-state index in [-0.39, 0.29) is 0 Å². The van der Waals surface area contributed by atoms with Crippen LogP contribution in [0, 0.1) is 6.92 Å². The summed E-state index contributed by atoms with van der Waals surface area (Å²) >= 11 is 1.75. The Morgan fingerprint density at radius 2 is 1.72 bits per heavy atom. The van der Waals surface area contributed by atoms with Gasteiger partial charge in [0.25, 0.3) is 0 Å². The van der Waals surface area contributed by atoms with Crippen molar-refractivity contribution in [1.29, 1.82) is 0 Å². The largest absolute Gasteiger partial charge is 0.354 e. The molecular formula is C32H24N6S. The molecule has 0 fully saturated rings. The molecule has 2 aromatic carbocycles. The molecule has 7 rings (SSSR count). The zero-order chi connectivity index (χ0) is 26.3. The molecule has 5 aromatic heterocycles. The van der Waals surface area contributed by atoms with Crippen molar-refractivity contribution in [2.75, 3.05) is 5.32 Å². The van der Waals surface area contributed by atoms with E-state index in [2.05, 4.69) is 81.4 Å². The zero-order valence-electron chi connectivity index (χ0n) is 21.2. The lowest BCUT2D eigenvalue weighted by molar-refractivity contribution is 1.12. The highest BCUT2D eigenvalue weighted by Crippen LogP contribution is 2.36. The lowest BCUT2D eigenvalue weighted by atomic mass is 10.0. The Morgan fingerprint density at radius 3 is 2.56 bits per heavy atom. The Hall–Kier alpha value is -5.01. The quantitative estimate of drug-likeness (QED) is 0.204. The van der Waals surface area contributed by atoms with Gasteiger partial charge in [-0.05, 0) is 60.5 Å². The van der Waals surface area contributed by atoms with Crippen LogP contribution in [0.5, 0.6) is 0 Å². The van der Waals surface area contributed by atoms with Crippen molar-refractivity contribution in [3.63, 3.8) is 0 Å². The molecule has 0 atom stereocenters. The van der Waals surface area contributed by atoms with Crippen molar-refractivity contribution in [2.45, 2.75) is 6.92 Å². The molecule has 0 saturated carbocycles. The number of hydrogen-bond donors (Lipinski definition) is 3. The molecular weight excluding hydrogens is 500 g/mol. The highest BCUT2D eigenvalue weighted by atomic mass is 32.1. The summed E-state index contributed by atoms with van der Waals surface area (Å²) in [5, 5.41) is 13.4. The van der Waals surface area contributed by atoms with Gasteiger partial charge in [0.05, 0.1) is 33.7 Å². The second-order valence-corrected chi connectivity index (χ2v) is 10.8. The number of pyridine rings is 2. The molecule has 7 aromatic rings. The summed E-state index contributed by atoms with van der Waals surface area (Å²) < 4.78 is 0. The molecule has 5 heterocycles. The first-order valence-corrected chi connectivity index (χ1v) is 13.4. The maximum absolute atomic E-state index is 4.69. The minimum Gasteiger partial charge on any atom is -0.354 e. The first-order chi connectivity index (χ1) is 19.1. The number of aromatic amines is 2. The van der Waals surface area contributed by atoms with E-state index < -0.39 is 0 Å². The van der Waals surface area contributed by atoms with Crippen LogP contribution < -0.4 is 5.32 Å². The van der Waals surface area contributed by atoms with Crippen LogP contribution in [-0.2, 0) is 0 Å². The first kappa shape index (κ1) is 23.1. The van der Waals surface area contributed by atoms with Gasteiger partial charge in [0.15, 0.2) is 0 Å². The fourth-order valence-corrected chi connectivity index (χ4v) is 5.77. The van der Waals surface area contributed by atoms with Crippen molar-refractivity contribution in [3.8, 4) is 33.1 Å². The Balaban J connectivity index is 1.25. The van der Waals surface area contributed by atoms with E-state index in [1.807, 2.05) is 55.0 Å². The molecule has 0 unspecified atom stereocenters. The lowest BCUT2D eigenvalue weighted by Crippen LogP contribution is -1.98. The average molecular weight is 525 g/mol. The van der Waals surface area contributed by atoms with Crippen LogP contribution in [0.15, 0.2) is 104 Å². The fourth-order valence-electron chi connectivity index (χ4n) is 4.89. The number of hydrogen-bond acceptors (Lipinski definition) is 5. The zero-order valence-corrected chi connectivity index (χ0v) is 22.0. The van der Waals surface area contributed by atoms with Crippen molar-refractivity contribution < 1.29 is 0 Å². The summed E-state index contributed by atoms with van der Waals surface area (Å²) in [6, 6.07) is 26.9. The smallest absolute Gasteiger partial charge is 0.116 e. The number of H-pyrrole nitrogens is 2. The van der Waals surface area contributed by atoms with E-state index in [1.54, 1.807) is 11.3 Å². The summed E-state index contributed by atoms with van der Waals surface area (Å²) in [4.78, 5) is 15.2. The topological polar surface area (TPSA) is 82.3 Å². The number of aromatic nitrogens is 5. The van der Waals surface area contributed by atoms with E-state index in [0.717, 1.165) is 71.8 Å². The Kier molecular flexibility index (Phi) is 5.56. The first-order valence-electron chi connectivity index (χ1n) is 12.6. The van der Waals surface area contributed by atoms with Gasteiger partial charge in [0.1, 0.15) is 5.69 Å². The number of rotatable bonds is 6. The molecule has 7 heteroatoms. The summed E-state index contributed by atoms with van der Waals surface area (Å²) in [6.45, 7) is 6.30. The number of anilines is 1. The lowest BCUT2D eigenvalue weighted by Gasteiger charge is -2.11. The summed E-state index contributed by atoms with van der Waals surface area (Å²) in [5.41, 5.74) is 9.62. The van der Waals surface area contributed by atoms with E-state index >= 15 is 0 Å². The second kappa shape index (κ2) is 9.38. The second-order valence-electron chi connectivity index (χ2n) is 9.48. The normalized spacial score (nSPS) is 11.3. The van der Waals surface area contributed by atoms with Gasteiger partial charge in [0, 0.05) is 44.8 Å². The molecule has 3 N–H and O–H groups in total. The molecule has 188 valence electrons. The number of nitrogens with zero attached hydrogens (tertiary/aromatic N) is 3. The van der Waals surface area contributed by atoms with Gasteiger partial charge in [-0.15, -0.1) is 11.3 Å². The number of nitrogens with one attached hydrogen (secondary N) is 3. The van der Waals surface area contributed by atoms with E-state index in [1.165, 1.54) is 4.88 Å². The summed E-state index contributed by atoms with van der Waals surface area (Å²) in [5.74, 6) is 0. The van der Waals surface area contributed by atoms with Crippen molar-refractivity contribution in [1.82, 2.24) is 25.1 Å².